The Hall–Kier alpha value is -4.56. The quantitative estimate of drug-likeness (QED) is 0.181. The lowest BCUT2D eigenvalue weighted by molar-refractivity contribution is 0.0526. The van der Waals surface area contributed by atoms with Crippen LogP contribution in [0.4, 0.5) is 0 Å². The minimum Gasteiger partial charge on any atom is -0.462 e. The average molecular weight is 519 g/mol. The molecule has 0 spiro atoms. The molecule has 5 aromatic rings. The molecule has 5 rings (SSSR count). The van der Waals surface area contributed by atoms with Gasteiger partial charge in [-0.1, -0.05) is 11.6 Å². The van der Waals surface area contributed by atoms with Crippen molar-refractivity contribution in [2.45, 2.75) is 13.8 Å². The molecule has 0 saturated carbocycles. The standard InChI is InChI=1S/C28H19ClO8/c1-3-33-27(31)16-4-7-19(8-5-16)35-26-15(2)34-23-14-20(9-10-21(23)25(26)30)36-28(32)24-13-17-12-18(29)6-11-22(17)37-24/h4-14H,3H2,1-2H3. The molecule has 0 atom stereocenters. The summed E-state index contributed by atoms with van der Waals surface area (Å²) in [4.78, 5) is 37.5. The van der Waals surface area contributed by atoms with Gasteiger partial charge in [0.2, 0.25) is 16.9 Å². The highest BCUT2D eigenvalue weighted by Gasteiger charge is 2.18. The number of fused-ring (bicyclic) bond motifs is 2. The predicted octanol–water partition coefficient (Wildman–Crippen LogP) is 6.69. The third-order valence-electron chi connectivity index (χ3n) is 5.46. The number of esters is 2. The minimum absolute atomic E-state index is 0.00191. The number of halogens is 1. The van der Waals surface area contributed by atoms with Crippen molar-refractivity contribution in [1.82, 2.24) is 0 Å². The minimum atomic E-state index is -0.711. The molecule has 0 fully saturated rings. The van der Waals surface area contributed by atoms with Crippen LogP contribution >= 0.6 is 11.6 Å². The van der Waals surface area contributed by atoms with Crippen LogP contribution in [0.2, 0.25) is 5.02 Å². The van der Waals surface area contributed by atoms with Crippen molar-refractivity contribution in [3.8, 4) is 17.2 Å². The molecule has 0 N–H and O–H groups in total. The lowest BCUT2D eigenvalue weighted by atomic mass is 10.2. The monoisotopic (exact) mass is 518 g/mol. The zero-order valence-electron chi connectivity index (χ0n) is 19.7. The maximum Gasteiger partial charge on any atom is 0.379 e. The van der Waals surface area contributed by atoms with E-state index in [2.05, 4.69) is 0 Å². The van der Waals surface area contributed by atoms with Crippen molar-refractivity contribution in [3.63, 3.8) is 0 Å². The Kier molecular flexibility index (Phi) is 6.42. The molecule has 3 aromatic carbocycles. The van der Waals surface area contributed by atoms with E-state index >= 15 is 0 Å². The number of aryl methyl sites for hydroxylation is 1. The van der Waals surface area contributed by atoms with Gasteiger partial charge in [-0.3, -0.25) is 4.79 Å². The molecule has 0 amide bonds. The first kappa shape index (κ1) is 24.1. The SMILES string of the molecule is CCOC(=O)c1ccc(Oc2c(C)oc3cc(OC(=O)c4cc5cc(Cl)ccc5o4)ccc3c2=O)cc1. The van der Waals surface area contributed by atoms with Crippen molar-refractivity contribution in [3.05, 3.63) is 99.1 Å². The van der Waals surface area contributed by atoms with Gasteiger partial charge >= 0.3 is 11.9 Å². The van der Waals surface area contributed by atoms with E-state index in [0.29, 0.717) is 27.3 Å². The summed E-state index contributed by atoms with van der Waals surface area (Å²) in [5.41, 5.74) is 0.680. The molecule has 2 aromatic heterocycles. The summed E-state index contributed by atoms with van der Waals surface area (Å²) in [7, 11) is 0. The smallest absolute Gasteiger partial charge is 0.379 e. The molecule has 0 aliphatic heterocycles. The molecule has 9 heteroatoms. The van der Waals surface area contributed by atoms with E-state index in [1.807, 2.05) is 0 Å². The molecule has 8 nitrogen and oxygen atoms in total. The Morgan fingerprint density at radius 3 is 2.38 bits per heavy atom. The molecular formula is C28H19ClO8. The summed E-state index contributed by atoms with van der Waals surface area (Å²) in [5.74, 6) is -0.407. The molecule has 0 radical (unpaired) electrons. The molecular weight excluding hydrogens is 500 g/mol. The van der Waals surface area contributed by atoms with Crippen LogP contribution in [-0.4, -0.2) is 18.5 Å². The number of carbonyl (C=O) groups excluding carboxylic acids is 2. The van der Waals surface area contributed by atoms with Gasteiger partial charge in [0, 0.05) is 16.5 Å². The number of rotatable bonds is 6. The Labute approximate surface area is 214 Å². The van der Waals surface area contributed by atoms with Gasteiger partial charge in [0.05, 0.1) is 17.6 Å². The second-order valence-electron chi connectivity index (χ2n) is 8.00. The number of furan rings is 1. The summed E-state index contributed by atoms with van der Waals surface area (Å²) >= 11 is 5.98. The van der Waals surface area contributed by atoms with Crippen LogP contribution < -0.4 is 14.9 Å². The molecule has 0 aliphatic rings. The third-order valence-corrected chi connectivity index (χ3v) is 5.70. The maximum atomic E-state index is 13.1. The van der Waals surface area contributed by atoms with E-state index in [0.717, 1.165) is 0 Å². The summed E-state index contributed by atoms with van der Waals surface area (Å²) < 4.78 is 27.5. The normalized spacial score (nSPS) is 11.0. The van der Waals surface area contributed by atoms with Crippen LogP contribution in [0.15, 0.2) is 80.4 Å². The Bertz CT molecular complexity index is 1710. The molecule has 0 unspecified atom stereocenters. The van der Waals surface area contributed by atoms with E-state index < -0.39 is 17.4 Å². The molecule has 0 aliphatic carbocycles. The summed E-state index contributed by atoms with van der Waals surface area (Å²) in [6.45, 7) is 3.58. The molecule has 0 saturated heterocycles. The Morgan fingerprint density at radius 2 is 1.62 bits per heavy atom. The van der Waals surface area contributed by atoms with Gasteiger partial charge < -0.3 is 23.0 Å². The van der Waals surface area contributed by atoms with Gasteiger partial charge in [-0.05, 0) is 74.5 Å². The van der Waals surface area contributed by atoms with Gasteiger partial charge in [-0.2, -0.15) is 0 Å². The van der Waals surface area contributed by atoms with Crippen molar-refractivity contribution in [2.75, 3.05) is 6.61 Å². The zero-order chi connectivity index (χ0) is 26.1. The van der Waals surface area contributed by atoms with Crippen LogP contribution in [-0.2, 0) is 4.74 Å². The zero-order valence-corrected chi connectivity index (χ0v) is 20.5. The number of benzene rings is 3. The summed E-state index contributed by atoms with van der Waals surface area (Å²) in [6.07, 6.45) is 0. The molecule has 2 heterocycles. The fourth-order valence-electron chi connectivity index (χ4n) is 3.71. The van der Waals surface area contributed by atoms with E-state index in [-0.39, 0.29) is 40.6 Å². The van der Waals surface area contributed by atoms with Crippen LogP contribution in [0.25, 0.3) is 21.9 Å². The lowest BCUT2D eigenvalue weighted by Gasteiger charge is -2.10. The van der Waals surface area contributed by atoms with Crippen LogP contribution in [0.5, 0.6) is 17.2 Å². The van der Waals surface area contributed by atoms with E-state index in [1.165, 1.54) is 24.3 Å². The van der Waals surface area contributed by atoms with Crippen molar-refractivity contribution >= 4 is 45.5 Å². The van der Waals surface area contributed by atoms with Crippen LogP contribution in [0.1, 0.15) is 33.6 Å². The Balaban J connectivity index is 1.38. The van der Waals surface area contributed by atoms with Crippen LogP contribution in [0.3, 0.4) is 0 Å². The van der Waals surface area contributed by atoms with Gasteiger partial charge in [-0.15, -0.1) is 0 Å². The third kappa shape index (κ3) is 4.92. The fraction of sp³-hybridized carbons (Fsp3) is 0.107. The number of hydrogen-bond donors (Lipinski definition) is 0. The van der Waals surface area contributed by atoms with Gasteiger partial charge in [-0.25, -0.2) is 9.59 Å². The number of hydrogen-bond acceptors (Lipinski definition) is 8. The van der Waals surface area contributed by atoms with E-state index in [9.17, 15) is 14.4 Å². The van der Waals surface area contributed by atoms with Crippen molar-refractivity contribution in [2.24, 2.45) is 0 Å². The van der Waals surface area contributed by atoms with Crippen LogP contribution in [0, 0.1) is 6.92 Å². The molecule has 0 bridgehead atoms. The topological polar surface area (TPSA) is 105 Å². The second-order valence-corrected chi connectivity index (χ2v) is 8.44. The first-order valence-electron chi connectivity index (χ1n) is 11.3. The van der Waals surface area contributed by atoms with Gasteiger partial charge in [0.25, 0.3) is 0 Å². The molecule has 186 valence electrons. The maximum absolute atomic E-state index is 13.1. The Morgan fingerprint density at radius 1 is 0.865 bits per heavy atom. The highest BCUT2D eigenvalue weighted by Crippen LogP contribution is 2.29. The number of carbonyl (C=O) groups is 2. The largest absolute Gasteiger partial charge is 0.462 e. The first-order valence-corrected chi connectivity index (χ1v) is 11.6. The van der Waals surface area contributed by atoms with Crippen molar-refractivity contribution < 1.29 is 32.6 Å². The summed E-state index contributed by atoms with van der Waals surface area (Å²) in [5, 5.41) is 1.43. The summed E-state index contributed by atoms with van der Waals surface area (Å²) in [6, 6.07) is 17.2. The highest BCUT2D eigenvalue weighted by atomic mass is 35.5. The van der Waals surface area contributed by atoms with E-state index in [4.69, 9.17) is 34.6 Å². The van der Waals surface area contributed by atoms with Crippen molar-refractivity contribution in [1.29, 1.82) is 0 Å². The first-order chi connectivity index (χ1) is 17.8. The number of ether oxygens (including phenoxy) is 3. The van der Waals surface area contributed by atoms with E-state index in [1.54, 1.807) is 56.3 Å². The van der Waals surface area contributed by atoms with Gasteiger partial charge in [0.15, 0.2) is 0 Å². The second kappa shape index (κ2) is 9.83. The van der Waals surface area contributed by atoms with Gasteiger partial charge in [0.1, 0.15) is 28.4 Å². The fourth-order valence-corrected chi connectivity index (χ4v) is 3.89. The highest BCUT2D eigenvalue weighted by molar-refractivity contribution is 6.31. The predicted molar refractivity (Wildman–Crippen MR) is 136 cm³/mol. The molecule has 37 heavy (non-hydrogen) atoms. The average Bonchev–Trinajstić information content (AvgIpc) is 3.30. The lowest BCUT2D eigenvalue weighted by Crippen LogP contribution is -2.09.